The predicted octanol–water partition coefficient (Wildman–Crippen LogP) is 9.05. The molecule has 1 N–H and O–H groups in total. The lowest BCUT2D eigenvalue weighted by Crippen LogP contribution is -2.58. The largest absolute Gasteiger partial charge is 0.481 e. The fourth-order valence-electron chi connectivity index (χ4n) is 10.4. The van der Waals surface area contributed by atoms with Crippen LogP contribution in [0.3, 0.4) is 0 Å². The maximum absolute atomic E-state index is 12.5. The molecule has 4 aliphatic carbocycles. The molecule has 2 aromatic rings. The van der Waals surface area contributed by atoms with Gasteiger partial charge in [-0.3, -0.25) is 9.59 Å². The van der Waals surface area contributed by atoms with Gasteiger partial charge in [0, 0.05) is 19.3 Å². The fourth-order valence-corrected chi connectivity index (χ4v) is 10.4. The van der Waals surface area contributed by atoms with Crippen LogP contribution in [0.2, 0.25) is 0 Å². The molecule has 2 aromatic carbocycles. The molecule has 6 rings (SSSR count). The van der Waals surface area contributed by atoms with Gasteiger partial charge in [0.2, 0.25) is 0 Å². The molecular formula is C38H48O4. The van der Waals surface area contributed by atoms with E-state index in [1.165, 1.54) is 47.9 Å². The molecule has 42 heavy (non-hydrogen) atoms. The monoisotopic (exact) mass is 568 g/mol. The summed E-state index contributed by atoms with van der Waals surface area (Å²) in [6, 6.07) is 19.6. The third kappa shape index (κ3) is 5.13. The number of carbonyl (C=O) groups excluding carboxylic acids is 1. The summed E-state index contributed by atoms with van der Waals surface area (Å²) in [5.41, 5.74) is 5.64. The summed E-state index contributed by atoms with van der Waals surface area (Å²) < 4.78 is 6.25. The number of carboxylic acid groups (broad SMARTS) is 1. The van der Waals surface area contributed by atoms with Crippen LogP contribution in [0.5, 0.6) is 0 Å². The zero-order valence-electron chi connectivity index (χ0n) is 25.9. The number of fused-ring (bicyclic) bond motifs is 5. The van der Waals surface area contributed by atoms with E-state index < -0.39 is 5.97 Å². The summed E-state index contributed by atoms with van der Waals surface area (Å²) in [5.74, 6) is 2.07. The Bertz CT molecular complexity index is 1330. The molecule has 3 saturated carbocycles. The average Bonchev–Trinajstić information content (AvgIpc) is 3.33. The van der Waals surface area contributed by atoms with Gasteiger partial charge in [-0.15, -0.1) is 0 Å². The van der Waals surface area contributed by atoms with Gasteiger partial charge in [0.1, 0.15) is 6.10 Å². The van der Waals surface area contributed by atoms with Crippen LogP contribution in [0.1, 0.15) is 91.0 Å². The van der Waals surface area contributed by atoms with E-state index in [0.29, 0.717) is 35.5 Å². The SMILES string of the molecule is CC(=O)O[C@@H]1C[C@@H]2CC(c3ccc(-c4ccccc4)cc3)=CC[C@]2(C)[C@H]2CC[C@]3(C)[C@@H]([C@H](C)CCC(=O)O)CC[C@H]3[C@H]12. The quantitative estimate of drug-likeness (QED) is 0.339. The van der Waals surface area contributed by atoms with Gasteiger partial charge in [-0.2, -0.15) is 0 Å². The van der Waals surface area contributed by atoms with Gasteiger partial charge in [0.05, 0.1) is 0 Å². The third-order valence-electron chi connectivity index (χ3n) is 12.6. The molecule has 0 amide bonds. The van der Waals surface area contributed by atoms with Gasteiger partial charge >= 0.3 is 11.9 Å². The third-order valence-corrected chi connectivity index (χ3v) is 12.6. The van der Waals surface area contributed by atoms with Crippen molar-refractivity contribution in [3.8, 4) is 11.1 Å². The molecule has 3 fully saturated rings. The molecule has 0 aromatic heterocycles. The number of aliphatic carboxylic acids is 1. The summed E-state index contributed by atoms with van der Waals surface area (Å²) in [7, 11) is 0. The molecule has 0 aliphatic heterocycles. The van der Waals surface area contributed by atoms with Crippen LogP contribution in [-0.2, 0) is 14.3 Å². The van der Waals surface area contributed by atoms with Crippen LogP contribution in [-0.4, -0.2) is 23.1 Å². The number of carboxylic acids is 1. The van der Waals surface area contributed by atoms with Crippen molar-refractivity contribution < 1.29 is 19.4 Å². The average molecular weight is 569 g/mol. The molecule has 0 unspecified atom stereocenters. The Hall–Kier alpha value is -2.88. The fraction of sp³-hybridized carbons (Fsp3) is 0.579. The van der Waals surface area contributed by atoms with E-state index in [0.717, 1.165) is 25.7 Å². The zero-order chi connectivity index (χ0) is 29.6. The molecule has 224 valence electrons. The first-order chi connectivity index (χ1) is 20.1. The van der Waals surface area contributed by atoms with Gasteiger partial charge < -0.3 is 9.84 Å². The van der Waals surface area contributed by atoms with Gasteiger partial charge in [-0.25, -0.2) is 0 Å². The van der Waals surface area contributed by atoms with Crippen molar-refractivity contribution in [2.24, 2.45) is 46.3 Å². The van der Waals surface area contributed by atoms with Crippen molar-refractivity contribution in [3.05, 3.63) is 66.2 Å². The van der Waals surface area contributed by atoms with E-state index in [1.807, 2.05) is 0 Å². The van der Waals surface area contributed by atoms with Crippen LogP contribution in [0.4, 0.5) is 0 Å². The Morgan fingerprint density at radius 1 is 0.929 bits per heavy atom. The number of hydrogen-bond acceptors (Lipinski definition) is 3. The second kappa shape index (κ2) is 11.3. The number of carbonyl (C=O) groups is 2. The van der Waals surface area contributed by atoms with E-state index in [2.05, 4.69) is 81.4 Å². The Morgan fingerprint density at radius 2 is 1.60 bits per heavy atom. The predicted molar refractivity (Wildman–Crippen MR) is 167 cm³/mol. The van der Waals surface area contributed by atoms with E-state index >= 15 is 0 Å². The minimum Gasteiger partial charge on any atom is -0.481 e. The molecule has 4 heteroatoms. The molecule has 4 nitrogen and oxygen atoms in total. The maximum atomic E-state index is 12.5. The first-order valence-electron chi connectivity index (χ1n) is 16.3. The van der Waals surface area contributed by atoms with Gasteiger partial charge in [0.15, 0.2) is 0 Å². The highest BCUT2D eigenvalue weighted by atomic mass is 16.5. The van der Waals surface area contributed by atoms with Crippen molar-refractivity contribution in [2.75, 3.05) is 0 Å². The smallest absolute Gasteiger partial charge is 0.303 e. The minimum atomic E-state index is -0.691. The molecule has 0 heterocycles. The minimum absolute atomic E-state index is 0.0249. The summed E-state index contributed by atoms with van der Waals surface area (Å²) in [4.78, 5) is 23.8. The number of rotatable bonds is 7. The molecule has 0 saturated heterocycles. The van der Waals surface area contributed by atoms with Crippen LogP contribution < -0.4 is 0 Å². The highest BCUT2D eigenvalue weighted by Crippen LogP contribution is 2.69. The summed E-state index contributed by atoms with van der Waals surface area (Å²) in [6.45, 7) is 8.88. The van der Waals surface area contributed by atoms with Crippen molar-refractivity contribution in [1.29, 1.82) is 0 Å². The highest BCUT2D eigenvalue weighted by Gasteiger charge is 2.63. The highest BCUT2D eigenvalue weighted by molar-refractivity contribution is 5.71. The number of allylic oxidation sites excluding steroid dienone is 2. The maximum Gasteiger partial charge on any atom is 0.303 e. The lowest BCUT2D eigenvalue weighted by atomic mass is 9.44. The van der Waals surface area contributed by atoms with Crippen LogP contribution >= 0.6 is 0 Å². The normalized spacial score (nSPS) is 36.1. The lowest BCUT2D eigenvalue weighted by molar-refractivity contribution is -0.183. The lowest BCUT2D eigenvalue weighted by Gasteiger charge is -2.62. The summed E-state index contributed by atoms with van der Waals surface area (Å²) >= 11 is 0. The number of hydrogen-bond donors (Lipinski definition) is 1. The zero-order valence-corrected chi connectivity index (χ0v) is 25.9. The molecule has 9 atom stereocenters. The van der Waals surface area contributed by atoms with Gasteiger partial charge in [0.25, 0.3) is 0 Å². The topological polar surface area (TPSA) is 63.6 Å². The second-order valence-corrected chi connectivity index (χ2v) is 14.6. The first kappa shape index (κ1) is 29.2. The van der Waals surface area contributed by atoms with E-state index in [1.54, 1.807) is 6.92 Å². The standard InChI is InChI=1S/C38H48O4/c1-24(10-17-35(40)41)31-15-16-32-36-33(19-21-38(31,32)4)37(3)20-18-29(22-30(37)23-34(36)42-25(2)39)28-13-11-27(12-14-28)26-8-6-5-7-9-26/h5-9,11-14,18,24,30-34,36H,10,15-17,19-23H2,1-4H3,(H,40,41)/t24-,30+,31-,32+,33+,34-,36+,37+,38-/m1/s1. The summed E-state index contributed by atoms with van der Waals surface area (Å²) in [5, 5.41) is 9.31. The van der Waals surface area contributed by atoms with Crippen molar-refractivity contribution in [3.63, 3.8) is 0 Å². The van der Waals surface area contributed by atoms with Crippen molar-refractivity contribution in [1.82, 2.24) is 0 Å². The van der Waals surface area contributed by atoms with Gasteiger partial charge in [-0.05, 0) is 114 Å². The van der Waals surface area contributed by atoms with E-state index in [9.17, 15) is 14.7 Å². The van der Waals surface area contributed by atoms with Crippen molar-refractivity contribution in [2.45, 2.75) is 91.6 Å². The molecule has 0 spiro atoms. The van der Waals surface area contributed by atoms with Crippen LogP contribution in [0.15, 0.2) is 60.7 Å². The molecule has 0 bridgehead atoms. The Labute approximate surface area is 251 Å². The molecular weight excluding hydrogens is 520 g/mol. The number of benzene rings is 2. The number of ether oxygens (including phenoxy) is 1. The summed E-state index contributed by atoms with van der Waals surface area (Å²) in [6.07, 6.45) is 11.3. The van der Waals surface area contributed by atoms with Crippen molar-refractivity contribution >= 4 is 17.5 Å². The van der Waals surface area contributed by atoms with Crippen LogP contribution in [0, 0.1) is 46.3 Å². The Balaban J connectivity index is 1.26. The van der Waals surface area contributed by atoms with Crippen LogP contribution in [0.25, 0.3) is 16.7 Å². The first-order valence-corrected chi connectivity index (χ1v) is 16.3. The van der Waals surface area contributed by atoms with E-state index in [4.69, 9.17) is 4.74 Å². The van der Waals surface area contributed by atoms with E-state index in [-0.39, 0.29) is 29.3 Å². The Morgan fingerprint density at radius 3 is 2.29 bits per heavy atom. The Kier molecular flexibility index (Phi) is 7.87. The molecule has 0 radical (unpaired) electrons. The molecule has 4 aliphatic rings. The second-order valence-electron chi connectivity index (χ2n) is 14.6. The number of esters is 1. The van der Waals surface area contributed by atoms with Gasteiger partial charge in [-0.1, -0.05) is 81.4 Å².